The largest absolute Gasteiger partial charge is 0.397 e. The van der Waals surface area contributed by atoms with E-state index in [1.165, 1.54) is 11.8 Å². The molecule has 0 aliphatic carbocycles. The van der Waals surface area contributed by atoms with Crippen LogP contribution in [0.2, 0.25) is 0 Å². The van der Waals surface area contributed by atoms with Crippen molar-refractivity contribution in [3.8, 4) is 11.1 Å². The maximum absolute atomic E-state index is 12.7. The van der Waals surface area contributed by atoms with Crippen LogP contribution >= 0.6 is 11.8 Å². The van der Waals surface area contributed by atoms with Gasteiger partial charge in [0.2, 0.25) is 17.0 Å². The Hall–Kier alpha value is -5.08. The summed E-state index contributed by atoms with van der Waals surface area (Å²) >= 11 is 1.54. The fourth-order valence-corrected chi connectivity index (χ4v) is 6.69. The topological polar surface area (TPSA) is 167 Å². The van der Waals surface area contributed by atoms with Crippen molar-refractivity contribution in [3.63, 3.8) is 0 Å². The highest BCUT2D eigenvalue weighted by Gasteiger charge is 2.32. The highest BCUT2D eigenvalue weighted by molar-refractivity contribution is 7.99. The molecule has 0 unspecified atom stereocenters. The number of aryl methyl sites for hydroxylation is 1. The minimum absolute atomic E-state index is 0.0173. The van der Waals surface area contributed by atoms with Gasteiger partial charge in [0.1, 0.15) is 0 Å². The van der Waals surface area contributed by atoms with Crippen molar-refractivity contribution in [3.05, 3.63) is 119 Å². The van der Waals surface area contributed by atoms with E-state index in [2.05, 4.69) is 26.2 Å². The van der Waals surface area contributed by atoms with Crippen molar-refractivity contribution in [2.24, 2.45) is 7.05 Å². The van der Waals surface area contributed by atoms with Gasteiger partial charge in [0, 0.05) is 44.2 Å². The summed E-state index contributed by atoms with van der Waals surface area (Å²) in [4.78, 5) is 25.0. The van der Waals surface area contributed by atoms with Gasteiger partial charge in [0.25, 0.3) is 0 Å². The molecule has 1 aliphatic heterocycles. The van der Waals surface area contributed by atoms with Crippen LogP contribution in [0.4, 0.5) is 11.4 Å². The zero-order valence-corrected chi connectivity index (χ0v) is 29.1. The summed E-state index contributed by atoms with van der Waals surface area (Å²) in [5.74, 6) is 0.342. The average Bonchev–Trinajstić information content (AvgIpc) is 3.58. The minimum atomic E-state index is -0.597. The zero-order chi connectivity index (χ0) is 35.6. The Morgan fingerprint density at radius 3 is 2.39 bits per heavy atom. The van der Waals surface area contributed by atoms with E-state index in [0.717, 1.165) is 33.4 Å². The smallest absolute Gasteiger partial charge is 0.224 e. The van der Waals surface area contributed by atoms with Crippen LogP contribution in [0.1, 0.15) is 60.3 Å². The average molecular weight is 708 g/mol. The van der Waals surface area contributed by atoms with Gasteiger partial charge in [-0.25, -0.2) is 4.68 Å². The number of thioether (sulfide) groups is 1. The fourth-order valence-electron chi connectivity index (χ4n) is 5.82. The first-order valence-electron chi connectivity index (χ1n) is 16.8. The van der Waals surface area contributed by atoms with E-state index in [4.69, 9.17) is 15.2 Å². The molecule has 1 aromatic heterocycles. The molecule has 0 radical (unpaired) electrons. The number of rotatable bonds is 14. The third-order valence-corrected chi connectivity index (χ3v) is 9.77. The molecule has 13 heteroatoms. The second-order valence-corrected chi connectivity index (χ2v) is 13.3. The Kier molecular flexibility index (Phi) is 12.1. The van der Waals surface area contributed by atoms with Crippen LogP contribution in [-0.2, 0) is 39.3 Å². The number of hydrogen-bond acceptors (Lipinski definition) is 10. The van der Waals surface area contributed by atoms with Gasteiger partial charge in [-0.05, 0) is 56.8 Å². The Balaban J connectivity index is 1.07. The molecule has 2 amide bonds. The molecule has 2 heterocycles. The summed E-state index contributed by atoms with van der Waals surface area (Å²) in [6.45, 7) is 0.339. The molecule has 5 aromatic rings. The number of nitrogens with one attached hydrogen (secondary N) is 2. The SMILES string of the molecule is Cn1nnnc1SC[C@H]1C[C@@H](c2ccc(CO)cc2)O[C@@H](c2ccc(-c3ccccc3CNC(=O)CCCC(=O)Nc3ccccc3N)cc2)O1. The van der Waals surface area contributed by atoms with Crippen molar-refractivity contribution >= 4 is 35.0 Å². The second kappa shape index (κ2) is 17.2. The van der Waals surface area contributed by atoms with Gasteiger partial charge in [-0.15, -0.1) is 5.10 Å². The van der Waals surface area contributed by atoms with Crippen LogP contribution in [0.5, 0.6) is 0 Å². The fraction of sp³-hybridized carbons (Fsp3) is 0.289. The lowest BCUT2D eigenvalue weighted by Crippen LogP contribution is -2.31. The number of carbonyl (C=O) groups is 2. The third-order valence-electron chi connectivity index (χ3n) is 8.62. The van der Waals surface area contributed by atoms with E-state index < -0.39 is 6.29 Å². The number of tetrazole rings is 1. The molecule has 1 saturated heterocycles. The van der Waals surface area contributed by atoms with E-state index in [1.807, 2.05) is 79.8 Å². The number of carbonyl (C=O) groups excluding carboxylic acids is 2. The number of nitrogens with zero attached hydrogens (tertiary/aromatic N) is 4. The lowest BCUT2D eigenvalue weighted by atomic mass is 9.97. The molecule has 3 atom stereocenters. The van der Waals surface area contributed by atoms with Gasteiger partial charge in [0.05, 0.1) is 30.2 Å². The van der Waals surface area contributed by atoms with E-state index >= 15 is 0 Å². The summed E-state index contributed by atoms with van der Waals surface area (Å²) in [7, 11) is 1.81. The Bertz CT molecular complexity index is 1920. The molecular weight excluding hydrogens is 667 g/mol. The van der Waals surface area contributed by atoms with E-state index in [0.29, 0.717) is 41.7 Å². The first-order valence-corrected chi connectivity index (χ1v) is 17.8. The number of para-hydroxylation sites is 2. The van der Waals surface area contributed by atoms with Crippen LogP contribution in [0, 0.1) is 0 Å². The summed E-state index contributed by atoms with van der Waals surface area (Å²) in [6, 6.07) is 30.9. The Labute approximate surface area is 300 Å². The molecule has 264 valence electrons. The first kappa shape index (κ1) is 35.7. The number of aromatic nitrogens is 4. The van der Waals surface area contributed by atoms with Gasteiger partial charge in [-0.3, -0.25) is 9.59 Å². The van der Waals surface area contributed by atoms with Crippen LogP contribution in [0.3, 0.4) is 0 Å². The highest BCUT2D eigenvalue weighted by atomic mass is 32.2. The third kappa shape index (κ3) is 9.58. The number of aliphatic hydroxyl groups excluding tert-OH is 1. The van der Waals surface area contributed by atoms with Gasteiger partial charge >= 0.3 is 0 Å². The molecule has 0 saturated carbocycles. The van der Waals surface area contributed by atoms with E-state index in [-0.39, 0.29) is 43.5 Å². The number of nitrogens with two attached hydrogens (primary N) is 1. The normalized spacial score (nSPS) is 17.2. The van der Waals surface area contributed by atoms with Gasteiger partial charge in [0.15, 0.2) is 6.29 Å². The lowest BCUT2D eigenvalue weighted by Gasteiger charge is -2.36. The number of amides is 2. The first-order chi connectivity index (χ1) is 24.9. The van der Waals surface area contributed by atoms with Crippen molar-refractivity contribution < 1.29 is 24.2 Å². The van der Waals surface area contributed by atoms with Crippen molar-refractivity contribution in [1.29, 1.82) is 0 Å². The lowest BCUT2D eigenvalue weighted by molar-refractivity contribution is -0.245. The maximum Gasteiger partial charge on any atom is 0.224 e. The monoisotopic (exact) mass is 707 g/mol. The minimum Gasteiger partial charge on any atom is -0.397 e. The van der Waals surface area contributed by atoms with Crippen LogP contribution in [0.15, 0.2) is 102 Å². The summed E-state index contributed by atoms with van der Waals surface area (Å²) in [5, 5.41) is 27.8. The highest BCUT2D eigenvalue weighted by Crippen LogP contribution is 2.40. The summed E-state index contributed by atoms with van der Waals surface area (Å²) < 4.78 is 14.6. The number of ether oxygens (including phenoxy) is 2. The zero-order valence-electron chi connectivity index (χ0n) is 28.3. The van der Waals surface area contributed by atoms with Gasteiger partial charge in [-0.2, -0.15) is 0 Å². The summed E-state index contributed by atoms with van der Waals surface area (Å²) in [5.41, 5.74) is 12.7. The number of benzene rings is 4. The maximum atomic E-state index is 12.7. The van der Waals surface area contributed by atoms with Gasteiger partial charge in [-0.1, -0.05) is 96.7 Å². The molecule has 51 heavy (non-hydrogen) atoms. The van der Waals surface area contributed by atoms with Crippen molar-refractivity contribution in [2.75, 3.05) is 16.8 Å². The molecule has 6 rings (SSSR count). The molecule has 5 N–H and O–H groups in total. The van der Waals surface area contributed by atoms with Crippen LogP contribution in [0.25, 0.3) is 11.1 Å². The molecule has 1 aliphatic rings. The number of anilines is 2. The van der Waals surface area contributed by atoms with Crippen molar-refractivity contribution in [2.45, 2.75) is 62.5 Å². The van der Waals surface area contributed by atoms with E-state index in [1.54, 1.807) is 28.9 Å². The number of hydrogen-bond donors (Lipinski definition) is 4. The van der Waals surface area contributed by atoms with E-state index in [9.17, 15) is 14.7 Å². The van der Waals surface area contributed by atoms with Gasteiger partial charge < -0.3 is 30.9 Å². The number of nitrogen functional groups attached to an aromatic ring is 1. The molecule has 4 aromatic carbocycles. The molecular formula is C38H41N7O5S. The predicted octanol–water partition coefficient (Wildman–Crippen LogP) is 5.71. The molecule has 1 fully saturated rings. The van der Waals surface area contributed by atoms with Crippen LogP contribution in [-0.4, -0.2) is 49.0 Å². The summed E-state index contributed by atoms with van der Waals surface area (Å²) in [6.07, 6.45) is 0.590. The molecule has 0 bridgehead atoms. The quantitative estimate of drug-likeness (QED) is 0.0829. The number of aliphatic hydroxyl groups is 1. The molecule has 0 spiro atoms. The molecule has 12 nitrogen and oxygen atoms in total. The van der Waals surface area contributed by atoms with Crippen molar-refractivity contribution in [1.82, 2.24) is 25.5 Å². The second-order valence-electron chi connectivity index (χ2n) is 12.3. The van der Waals surface area contributed by atoms with Crippen LogP contribution < -0.4 is 16.4 Å². The standard InChI is InChI=1S/C38H41N7O5S/c1-45-38(42-43-44-45)51-24-30-21-34(27-15-13-25(23-46)14-16-27)50-37(49-30)28-19-17-26(18-20-28)31-8-3-2-7-29(31)22-40-35(47)11-6-12-36(48)41-33-10-5-4-9-32(33)39/h2-5,7-10,13-20,30,34,37,46H,6,11-12,21-24,39H2,1H3,(H,40,47)(H,41,48)/t30-,34+,37+/m1/s1. The Morgan fingerprint density at radius 1 is 0.922 bits per heavy atom. The Morgan fingerprint density at radius 2 is 1.65 bits per heavy atom. The predicted molar refractivity (Wildman–Crippen MR) is 195 cm³/mol.